The number of aromatic nitrogens is 1. The van der Waals surface area contributed by atoms with E-state index in [4.69, 9.17) is 10.00 Å². The van der Waals surface area contributed by atoms with Crippen molar-refractivity contribution in [2.75, 3.05) is 12.9 Å². The normalized spacial score (nSPS) is 11.9. The molecule has 7 heteroatoms. The Kier molecular flexibility index (Phi) is 6.92. The highest BCUT2D eigenvalue weighted by atomic mass is 32.2. The third kappa shape index (κ3) is 5.55. The number of carbonyl (C=O) groups excluding carboxylic acids is 2. The molecule has 0 saturated carbocycles. The number of rotatable bonds is 7. The van der Waals surface area contributed by atoms with E-state index < -0.39 is 24.3 Å². The third-order valence-corrected chi connectivity index (χ3v) is 4.99. The average molecular weight is 372 g/mol. The number of nitriles is 1. The Morgan fingerprint density at radius 1 is 1.40 bits per heavy atom. The van der Waals surface area contributed by atoms with Gasteiger partial charge in [-0.1, -0.05) is 12.1 Å². The quantitative estimate of drug-likeness (QED) is 0.420. The van der Waals surface area contributed by atoms with E-state index in [-0.39, 0.29) is 0 Å². The topological polar surface area (TPSA) is 80.0 Å². The summed E-state index contributed by atoms with van der Waals surface area (Å²) in [5, 5.41) is 11.3. The molecule has 0 bridgehead atoms. The molecule has 128 valence electrons. The first kappa shape index (κ1) is 18.9. The van der Waals surface area contributed by atoms with Crippen LogP contribution in [0.5, 0.6) is 0 Å². The Morgan fingerprint density at radius 2 is 2.12 bits per heavy atom. The van der Waals surface area contributed by atoms with Crippen LogP contribution in [-0.2, 0) is 14.3 Å². The highest BCUT2D eigenvalue weighted by Crippen LogP contribution is 2.20. The zero-order valence-electron chi connectivity index (χ0n) is 13.8. The molecule has 0 N–H and O–H groups in total. The van der Waals surface area contributed by atoms with Gasteiger partial charge in [0.2, 0.25) is 0 Å². The number of thiazole rings is 1. The first-order valence-corrected chi connectivity index (χ1v) is 9.47. The van der Waals surface area contributed by atoms with Gasteiger partial charge in [0.05, 0.1) is 6.07 Å². The van der Waals surface area contributed by atoms with Crippen molar-refractivity contribution in [2.45, 2.75) is 17.7 Å². The van der Waals surface area contributed by atoms with Gasteiger partial charge >= 0.3 is 5.97 Å². The number of hydrogen-bond donors (Lipinski definition) is 0. The Hall–Kier alpha value is -2.43. The number of carbonyl (C=O) groups is 2. The number of hydrogen-bond acceptors (Lipinski definition) is 7. The predicted octanol–water partition coefficient (Wildman–Crippen LogP) is 3.61. The highest BCUT2D eigenvalue weighted by molar-refractivity contribution is 7.98. The molecule has 0 fully saturated rings. The zero-order valence-corrected chi connectivity index (χ0v) is 15.4. The van der Waals surface area contributed by atoms with Crippen molar-refractivity contribution in [3.8, 4) is 6.07 Å². The van der Waals surface area contributed by atoms with Gasteiger partial charge in [0, 0.05) is 22.0 Å². The highest BCUT2D eigenvalue weighted by Gasteiger charge is 2.24. The van der Waals surface area contributed by atoms with Crippen molar-refractivity contribution in [3.05, 3.63) is 52.0 Å². The first-order chi connectivity index (χ1) is 12.0. The molecule has 0 aliphatic heterocycles. The van der Waals surface area contributed by atoms with Gasteiger partial charge in [-0.15, -0.1) is 23.1 Å². The molecule has 1 heterocycles. The van der Waals surface area contributed by atoms with Crippen LogP contribution in [0.3, 0.4) is 0 Å². The second kappa shape index (κ2) is 9.16. The van der Waals surface area contributed by atoms with Crippen LogP contribution in [0.2, 0.25) is 0 Å². The monoisotopic (exact) mass is 372 g/mol. The van der Waals surface area contributed by atoms with E-state index in [1.165, 1.54) is 17.4 Å². The van der Waals surface area contributed by atoms with Crippen LogP contribution in [0.4, 0.5) is 0 Å². The smallest absolute Gasteiger partial charge is 0.331 e. The molecule has 0 radical (unpaired) electrons. The first-order valence-electron chi connectivity index (χ1n) is 7.36. The molecule has 25 heavy (non-hydrogen) atoms. The van der Waals surface area contributed by atoms with Crippen LogP contribution in [0.1, 0.15) is 22.2 Å². The van der Waals surface area contributed by atoms with Crippen LogP contribution < -0.4 is 0 Å². The number of aryl methyl sites for hydroxylation is 1. The van der Waals surface area contributed by atoms with Crippen LogP contribution in [0.15, 0.2) is 40.6 Å². The van der Waals surface area contributed by atoms with Crippen molar-refractivity contribution in [3.63, 3.8) is 0 Å². The van der Waals surface area contributed by atoms with Gasteiger partial charge in [0.15, 0.2) is 18.3 Å². The van der Waals surface area contributed by atoms with E-state index in [9.17, 15) is 9.59 Å². The minimum absolute atomic E-state index is 0.422. The lowest BCUT2D eigenvalue weighted by molar-refractivity contribution is -0.143. The molecular formula is C18H16N2O3S2. The van der Waals surface area contributed by atoms with Crippen molar-refractivity contribution >= 4 is 40.9 Å². The maximum absolute atomic E-state index is 12.1. The largest absolute Gasteiger partial charge is 0.454 e. The van der Waals surface area contributed by atoms with E-state index in [0.717, 1.165) is 16.2 Å². The Balaban J connectivity index is 1.88. The van der Waals surface area contributed by atoms with Gasteiger partial charge in [0.25, 0.3) is 0 Å². The number of benzene rings is 1. The Bertz CT molecular complexity index is 820. The lowest BCUT2D eigenvalue weighted by atomic mass is 10.1. The summed E-state index contributed by atoms with van der Waals surface area (Å²) in [4.78, 5) is 29.1. The lowest BCUT2D eigenvalue weighted by Gasteiger charge is -2.05. The van der Waals surface area contributed by atoms with Crippen LogP contribution >= 0.6 is 23.1 Å². The van der Waals surface area contributed by atoms with Gasteiger partial charge in [0.1, 0.15) is 5.01 Å². The second-order valence-corrected chi connectivity index (χ2v) is 6.84. The Labute approximate surface area is 154 Å². The van der Waals surface area contributed by atoms with E-state index in [0.29, 0.717) is 5.01 Å². The number of ether oxygens (including phenoxy) is 1. The molecular weight excluding hydrogens is 356 g/mol. The van der Waals surface area contributed by atoms with Crippen LogP contribution in [0, 0.1) is 18.3 Å². The molecule has 2 aromatic rings. The number of ketones is 1. The van der Waals surface area contributed by atoms with Crippen molar-refractivity contribution in [2.24, 2.45) is 0 Å². The molecule has 0 unspecified atom stereocenters. The summed E-state index contributed by atoms with van der Waals surface area (Å²) >= 11 is 2.88. The van der Waals surface area contributed by atoms with Crippen molar-refractivity contribution in [1.29, 1.82) is 5.26 Å². The van der Waals surface area contributed by atoms with E-state index >= 15 is 0 Å². The second-order valence-electron chi connectivity index (χ2n) is 5.07. The van der Waals surface area contributed by atoms with E-state index in [1.807, 2.05) is 36.6 Å². The molecule has 0 aliphatic carbocycles. The fourth-order valence-corrected chi connectivity index (χ4v) is 3.19. The lowest BCUT2D eigenvalue weighted by Crippen LogP contribution is -2.19. The summed E-state index contributed by atoms with van der Waals surface area (Å²) in [5.74, 6) is -2.12. The Morgan fingerprint density at radius 3 is 2.68 bits per heavy atom. The molecule has 0 saturated heterocycles. The van der Waals surface area contributed by atoms with Gasteiger partial charge in [-0.25, -0.2) is 9.78 Å². The van der Waals surface area contributed by atoms with E-state index in [2.05, 4.69) is 4.98 Å². The molecule has 1 aromatic carbocycles. The average Bonchev–Trinajstić information content (AvgIpc) is 3.05. The minimum Gasteiger partial charge on any atom is -0.454 e. The summed E-state index contributed by atoms with van der Waals surface area (Å²) in [5.41, 5.74) is 1.61. The standard InChI is InChI=1S/C18H16N2O3S2/c1-12-11-25-18(20-12)15(9-19)16(21)10-23-17(22)8-5-13-3-6-14(24-2)7-4-13/h3-8,11,15H,10H2,1-2H3/b8-5+/t15-/m0/s1. The molecule has 5 nitrogen and oxygen atoms in total. The molecule has 0 amide bonds. The maximum atomic E-state index is 12.1. The number of Topliss-reactive ketones (excluding diaryl/α,β-unsaturated/α-hetero) is 1. The van der Waals surface area contributed by atoms with Crippen LogP contribution in [0.25, 0.3) is 6.08 Å². The van der Waals surface area contributed by atoms with Gasteiger partial charge in [-0.05, 0) is 37.0 Å². The van der Waals surface area contributed by atoms with Gasteiger partial charge in [-0.2, -0.15) is 5.26 Å². The van der Waals surface area contributed by atoms with Gasteiger partial charge in [-0.3, -0.25) is 4.79 Å². The van der Waals surface area contributed by atoms with Gasteiger partial charge < -0.3 is 4.74 Å². The fraction of sp³-hybridized carbons (Fsp3) is 0.222. The van der Waals surface area contributed by atoms with Crippen LogP contribution in [-0.4, -0.2) is 29.6 Å². The predicted molar refractivity (Wildman–Crippen MR) is 98.4 cm³/mol. The molecule has 1 aromatic heterocycles. The molecule has 0 spiro atoms. The number of esters is 1. The molecule has 1 atom stereocenters. The summed E-state index contributed by atoms with van der Waals surface area (Å²) < 4.78 is 4.93. The third-order valence-electron chi connectivity index (χ3n) is 3.22. The number of thioether (sulfide) groups is 1. The molecule has 0 aliphatic rings. The summed E-state index contributed by atoms with van der Waals surface area (Å²) in [6.07, 6.45) is 4.86. The van der Waals surface area contributed by atoms with Crippen molar-refractivity contribution < 1.29 is 14.3 Å². The summed E-state index contributed by atoms with van der Waals surface area (Å²) in [6.45, 7) is 1.33. The fourth-order valence-electron chi connectivity index (χ4n) is 1.92. The summed E-state index contributed by atoms with van der Waals surface area (Å²) in [6, 6.07) is 9.59. The van der Waals surface area contributed by atoms with E-state index in [1.54, 1.807) is 30.1 Å². The minimum atomic E-state index is -1.01. The molecule has 2 rings (SSSR count). The maximum Gasteiger partial charge on any atom is 0.331 e. The van der Waals surface area contributed by atoms with Crippen molar-refractivity contribution in [1.82, 2.24) is 4.98 Å². The zero-order chi connectivity index (χ0) is 18.2. The summed E-state index contributed by atoms with van der Waals surface area (Å²) in [7, 11) is 0. The number of nitrogens with zero attached hydrogens (tertiary/aromatic N) is 2. The SMILES string of the molecule is CSc1ccc(/C=C/C(=O)OCC(=O)[C@H](C#N)c2nc(C)cs2)cc1.